The molecule has 8 heteroatoms. The van der Waals surface area contributed by atoms with Gasteiger partial charge in [-0.3, -0.25) is 0 Å². The summed E-state index contributed by atoms with van der Waals surface area (Å²) in [5.74, 6) is 0.781. The van der Waals surface area contributed by atoms with Gasteiger partial charge in [-0.1, -0.05) is 0 Å². The first-order valence-electron chi connectivity index (χ1n) is 6.17. The molecule has 1 aliphatic rings. The van der Waals surface area contributed by atoms with Crippen LogP contribution in [-0.2, 0) is 10.0 Å². The molecule has 1 saturated heterocycles. The summed E-state index contributed by atoms with van der Waals surface area (Å²) in [6.45, 7) is 0.878. The molecule has 1 heterocycles. The standard InChI is InChI=1S/C12H17FN2O3S2/c1-18-12-10(13)7-9(8-11(12)14)20(16,17)15-3-2-5-19-6-4-15/h7-8H,2-6,14H2,1H3. The summed E-state index contributed by atoms with van der Waals surface area (Å²) in [5.41, 5.74) is 5.62. The van der Waals surface area contributed by atoms with Gasteiger partial charge in [0.15, 0.2) is 11.6 Å². The van der Waals surface area contributed by atoms with E-state index in [1.807, 2.05) is 0 Å². The Kier molecular flexibility index (Phi) is 4.77. The molecule has 5 nitrogen and oxygen atoms in total. The predicted molar refractivity (Wildman–Crippen MR) is 78.1 cm³/mol. The maximum atomic E-state index is 13.8. The number of ether oxygens (including phenoxy) is 1. The van der Waals surface area contributed by atoms with Gasteiger partial charge in [-0.15, -0.1) is 0 Å². The van der Waals surface area contributed by atoms with E-state index in [9.17, 15) is 12.8 Å². The van der Waals surface area contributed by atoms with E-state index in [1.54, 1.807) is 11.8 Å². The zero-order valence-corrected chi connectivity index (χ0v) is 12.8. The second-order valence-corrected chi connectivity index (χ2v) is 7.56. The molecule has 0 saturated carbocycles. The van der Waals surface area contributed by atoms with Crippen molar-refractivity contribution < 1.29 is 17.5 Å². The maximum Gasteiger partial charge on any atom is 0.243 e. The number of sulfonamides is 1. The van der Waals surface area contributed by atoms with Crippen LogP contribution in [0.2, 0.25) is 0 Å². The predicted octanol–water partition coefficient (Wildman–Crippen LogP) is 1.54. The van der Waals surface area contributed by atoms with Gasteiger partial charge in [0.2, 0.25) is 10.0 Å². The largest absolute Gasteiger partial charge is 0.492 e. The minimum atomic E-state index is -3.71. The van der Waals surface area contributed by atoms with E-state index >= 15 is 0 Å². The lowest BCUT2D eigenvalue weighted by Gasteiger charge is -2.20. The molecule has 0 aliphatic carbocycles. The number of nitrogens with zero attached hydrogens (tertiary/aromatic N) is 1. The second kappa shape index (κ2) is 6.19. The number of hydrogen-bond donors (Lipinski definition) is 1. The normalized spacial score (nSPS) is 17.7. The molecule has 1 aromatic rings. The van der Waals surface area contributed by atoms with Gasteiger partial charge in [-0.05, 0) is 24.3 Å². The third-order valence-electron chi connectivity index (χ3n) is 3.07. The molecule has 112 valence electrons. The summed E-state index contributed by atoms with van der Waals surface area (Å²) < 4.78 is 45.0. The van der Waals surface area contributed by atoms with Crippen LogP contribution in [0.1, 0.15) is 6.42 Å². The molecule has 2 rings (SSSR count). The third kappa shape index (κ3) is 3.02. The van der Waals surface area contributed by atoms with Crippen molar-refractivity contribution in [3.63, 3.8) is 0 Å². The van der Waals surface area contributed by atoms with Crippen LogP contribution in [0.5, 0.6) is 5.75 Å². The average Bonchev–Trinajstić information content (AvgIpc) is 2.67. The summed E-state index contributed by atoms with van der Waals surface area (Å²) in [6, 6.07) is 2.21. The van der Waals surface area contributed by atoms with Crippen LogP contribution < -0.4 is 10.5 Å². The molecule has 2 N–H and O–H groups in total. The van der Waals surface area contributed by atoms with Gasteiger partial charge in [-0.2, -0.15) is 16.1 Å². The van der Waals surface area contributed by atoms with Crippen molar-refractivity contribution >= 4 is 27.5 Å². The van der Waals surface area contributed by atoms with E-state index in [-0.39, 0.29) is 16.3 Å². The number of benzene rings is 1. The lowest BCUT2D eigenvalue weighted by Crippen LogP contribution is -2.33. The summed E-state index contributed by atoms with van der Waals surface area (Å²) in [6.07, 6.45) is 0.790. The zero-order valence-electron chi connectivity index (χ0n) is 11.1. The Bertz CT molecular complexity index is 561. The molecular formula is C12H17FN2O3S2. The fourth-order valence-electron chi connectivity index (χ4n) is 2.07. The van der Waals surface area contributed by atoms with Gasteiger partial charge in [0.05, 0.1) is 17.7 Å². The zero-order chi connectivity index (χ0) is 14.8. The fraction of sp³-hybridized carbons (Fsp3) is 0.500. The van der Waals surface area contributed by atoms with E-state index in [0.717, 1.165) is 24.0 Å². The van der Waals surface area contributed by atoms with Gasteiger partial charge in [0.1, 0.15) is 0 Å². The molecule has 1 aliphatic heterocycles. The summed E-state index contributed by atoms with van der Waals surface area (Å²) in [7, 11) is -2.42. The smallest absolute Gasteiger partial charge is 0.243 e. The fourth-order valence-corrected chi connectivity index (χ4v) is 4.60. The highest BCUT2D eigenvalue weighted by Crippen LogP contribution is 2.30. The number of nitrogen functional groups attached to an aromatic ring is 1. The Morgan fingerprint density at radius 3 is 2.75 bits per heavy atom. The van der Waals surface area contributed by atoms with Gasteiger partial charge >= 0.3 is 0 Å². The Morgan fingerprint density at radius 2 is 2.10 bits per heavy atom. The van der Waals surface area contributed by atoms with E-state index < -0.39 is 15.8 Å². The van der Waals surface area contributed by atoms with E-state index in [1.165, 1.54) is 17.5 Å². The van der Waals surface area contributed by atoms with Crippen molar-refractivity contribution in [2.24, 2.45) is 0 Å². The molecular weight excluding hydrogens is 303 g/mol. The number of anilines is 1. The van der Waals surface area contributed by atoms with Crippen molar-refractivity contribution in [1.82, 2.24) is 4.31 Å². The number of methoxy groups -OCH3 is 1. The Morgan fingerprint density at radius 1 is 1.35 bits per heavy atom. The first-order chi connectivity index (χ1) is 9.46. The van der Waals surface area contributed by atoms with Gasteiger partial charge in [0, 0.05) is 18.8 Å². The Labute approximate surface area is 122 Å². The molecule has 0 amide bonds. The summed E-state index contributed by atoms with van der Waals surface area (Å²) in [4.78, 5) is -0.125. The van der Waals surface area contributed by atoms with Crippen molar-refractivity contribution in [2.45, 2.75) is 11.3 Å². The minimum Gasteiger partial charge on any atom is -0.492 e. The Hall–Kier alpha value is -0.990. The molecule has 20 heavy (non-hydrogen) atoms. The number of thioether (sulfide) groups is 1. The quantitative estimate of drug-likeness (QED) is 0.855. The second-order valence-electron chi connectivity index (χ2n) is 4.40. The van der Waals surface area contributed by atoms with Crippen LogP contribution in [0.25, 0.3) is 0 Å². The van der Waals surface area contributed by atoms with Crippen molar-refractivity contribution in [2.75, 3.05) is 37.4 Å². The van der Waals surface area contributed by atoms with E-state index in [2.05, 4.69) is 0 Å². The molecule has 0 radical (unpaired) electrons. The van der Waals surface area contributed by atoms with E-state index in [4.69, 9.17) is 10.5 Å². The molecule has 1 fully saturated rings. The summed E-state index contributed by atoms with van der Waals surface area (Å²) in [5, 5.41) is 0. The van der Waals surface area contributed by atoms with Crippen molar-refractivity contribution in [1.29, 1.82) is 0 Å². The number of hydrogen-bond acceptors (Lipinski definition) is 5. The van der Waals surface area contributed by atoms with Crippen molar-refractivity contribution in [3.05, 3.63) is 17.9 Å². The highest BCUT2D eigenvalue weighted by Gasteiger charge is 2.27. The van der Waals surface area contributed by atoms with Crippen LogP contribution in [0, 0.1) is 5.82 Å². The van der Waals surface area contributed by atoms with Gasteiger partial charge < -0.3 is 10.5 Å². The maximum absolute atomic E-state index is 13.8. The van der Waals surface area contributed by atoms with E-state index in [0.29, 0.717) is 13.1 Å². The molecule has 0 spiro atoms. The monoisotopic (exact) mass is 320 g/mol. The third-order valence-corrected chi connectivity index (χ3v) is 5.99. The highest BCUT2D eigenvalue weighted by molar-refractivity contribution is 7.99. The topological polar surface area (TPSA) is 72.6 Å². The van der Waals surface area contributed by atoms with Crippen LogP contribution in [0.3, 0.4) is 0 Å². The first-order valence-corrected chi connectivity index (χ1v) is 8.77. The average molecular weight is 320 g/mol. The number of rotatable bonds is 3. The lowest BCUT2D eigenvalue weighted by atomic mass is 10.3. The van der Waals surface area contributed by atoms with Crippen LogP contribution >= 0.6 is 11.8 Å². The lowest BCUT2D eigenvalue weighted by molar-refractivity contribution is 0.387. The molecule has 1 aromatic carbocycles. The highest BCUT2D eigenvalue weighted by atomic mass is 32.2. The van der Waals surface area contributed by atoms with Crippen molar-refractivity contribution in [3.8, 4) is 5.75 Å². The SMILES string of the molecule is COc1c(N)cc(S(=O)(=O)N2CCCSCC2)cc1F. The Balaban J connectivity index is 2.38. The van der Waals surface area contributed by atoms with Crippen LogP contribution in [-0.4, -0.2) is 44.4 Å². The molecule has 0 aromatic heterocycles. The molecule has 0 unspecified atom stereocenters. The molecule has 0 bridgehead atoms. The first kappa shape index (κ1) is 15.4. The minimum absolute atomic E-state index is 0.0183. The number of nitrogens with two attached hydrogens (primary N) is 1. The molecule has 0 atom stereocenters. The van der Waals surface area contributed by atoms with Crippen LogP contribution in [0.4, 0.5) is 10.1 Å². The number of halogens is 1. The van der Waals surface area contributed by atoms with Gasteiger partial charge in [-0.25, -0.2) is 12.8 Å². The van der Waals surface area contributed by atoms with Gasteiger partial charge in [0.25, 0.3) is 0 Å². The van der Waals surface area contributed by atoms with Crippen LogP contribution in [0.15, 0.2) is 17.0 Å². The summed E-state index contributed by atoms with van der Waals surface area (Å²) >= 11 is 1.72.